The highest BCUT2D eigenvalue weighted by Gasteiger charge is 2.41. The standard InChI is InChI=1S/C18H23N5O3/c1-25-9-12-7-23(18(24)15-6-14(20-21-15)10-2-3-10)8-13(12)17-19-16(22-26-17)11-4-5-11/h6,10-13H,2-5,7-9H2,1H3,(H,20,21). The molecule has 3 aliphatic rings. The third-order valence-electron chi connectivity index (χ3n) is 5.66. The van der Waals surface area contributed by atoms with Gasteiger partial charge in [-0.05, 0) is 31.7 Å². The van der Waals surface area contributed by atoms with Crippen molar-refractivity contribution in [3.63, 3.8) is 0 Å². The van der Waals surface area contributed by atoms with E-state index in [9.17, 15) is 4.79 Å². The molecule has 0 aromatic carbocycles. The smallest absolute Gasteiger partial charge is 0.274 e. The summed E-state index contributed by atoms with van der Waals surface area (Å²) in [6, 6.07) is 1.90. The average molecular weight is 357 g/mol. The van der Waals surface area contributed by atoms with E-state index < -0.39 is 0 Å². The monoisotopic (exact) mass is 357 g/mol. The van der Waals surface area contributed by atoms with E-state index in [0.29, 0.717) is 43.1 Å². The Morgan fingerprint density at radius 3 is 2.85 bits per heavy atom. The van der Waals surface area contributed by atoms with Crippen molar-refractivity contribution in [1.29, 1.82) is 0 Å². The van der Waals surface area contributed by atoms with Gasteiger partial charge in [0.15, 0.2) is 5.82 Å². The molecule has 26 heavy (non-hydrogen) atoms. The molecular weight excluding hydrogens is 334 g/mol. The lowest BCUT2D eigenvalue weighted by Crippen LogP contribution is -2.29. The molecule has 3 fully saturated rings. The third-order valence-corrected chi connectivity index (χ3v) is 5.66. The first kappa shape index (κ1) is 16.0. The molecule has 2 atom stereocenters. The van der Waals surface area contributed by atoms with E-state index in [-0.39, 0.29) is 17.7 Å². The van der Waals surface area contributed by atoms with Crippen molar-refractivity contribution in [2.45, 2.75) is 43.4 Å². The maximum absolute atomic E-state index is 12.9. The molecule has 3 heterocycles. The summed E-state index contributed by atoms with van der Waals surface area (Å²) in [4.78, 5) is 19.3. The molecule has 2 aromatic rings. The second kappa shape index (κ2) is 6.19. The normalized spacial score (nSPS) is 25.8. The van der Waals surface area contributed by atoms with Gasteiger partial charge in [-0.3, -0.25) is 9.89 Å². The molecule has 1 N–H and O–H groups in total. The predicted octanol–water partition coefficient (Wildman–Crippen LogP) is 2.05. The van der Waals surface area contributed by atoms with Gasteiger partial charge in [-0.2, -0.15) is 10.1 Å². The van der Waals surface area contributed by atoms with Crippen LogP contribution in [0.5, 0.6) is 0 Å². The minimum absolute atomic E-state index is 0.0146. The Morgan fingerprint density at radius 1 is 1.31 bits per heavy atom. The highest BCUT2D eigenvalue weighted by atomic mass is 16.5. The van der Waals surface area contributed by atoms with E-state index in [1.807, 2.05) is 11.0 Å². The number of nitrogens with zero attached hydrogens (tertiary/aromatic N) is 4. The first-order chi connectivity index (χ1) is 12.7. The first-order valence-electron chi connectivity index (χ1n) is 9.40. The summed E-state index contributed by atoms with van der Waals surface area (Å²) in [6.45, 7) is 1.73. The van der Waals surface area contributed by atoms with Crippen LogP contribution in [-0.2, 0) is 4.74 Å². The van der Waals surface area contributed by atoms with Gasteiger partial charge in [0.2, 0.25) is 5.89 Å². The fraction of sp³-hybridized carbons (Fsp3) is 0.667. The fourth-order valence-electron chi connectivity index (χ4n) is 3.82. The van der Waals surface area contributed by atoms with Crippen LogP contribution in [0.2, 0.25) is 0 Å². The lowest BCUT2D eigenvalue weighted by atomic mass is 9.97. The fourth-order valence-corrected chi connectivity index (χ4v) is 3.82. The Hall–Kier alpha value is -2.22. The molecule has 2 unspecified atom stereocenters. The van der Waals surface area contributed by atoms with Crippen LogP contribution in [0.15, 0.2) is 10.6 Å². The lowest BCUT2D eigenvalue weighted by molar-refractivity contribution is 0.0769. The van der Waals surface area contributed by atoms with Gasteiger partial charge >= 0.3 is 0 Å². The SMILES string of the molecule is COCC1CN(C(=O)c2cc(C3CC3)[nH]n2)CC1c1nc(C2CC2)no1. The predicted molar refractivity (Wildman–Crippen MR) is 90.8 cm³/mol. The number of ether oxygens (including phenoxy) is 1. The molecule has 2 aliphatic carbocycles. The minimum Gasteiger partial charge on any atom is -0.384 e. The number of hydrogen-bond donors (Lipinski definition) is 1. The van der Waals surface area contributed by atoms with Gasteiger partial charge in [-0.25, -0.2) is 0 Å². The number of H-pyrrole nitrogens is 1. The summed E-state index contributed by atoms with van der Waals surface area (Å²) in [5, 5.41) is 11.4. The van der Waals surface area contributed by atoms with Crippen molar-refractivity contribution >= 4 is 5.91 Å². The highest BCUT2D eigenvalue weighted by molar-refractivity contribution is 5.92. The minimum atomic E-state index is -0.0429. The number of nitrogens with one attached hydrogen (secondary N) is 1. The number of carbonyl (C=O) groups is 1. The maximum Gasteiger partial charge on any atom is 0.274 e. The van der Waals surface area contributed by atoms with Gasteiger partial charge in [-0.1, -0.05) is 5.16 Å². The molecule has 1 aliphatic heterocycles. The van der Waals surface area contributed by atoms with Crippen LogP contribution in [0, 0.1) is 5.92 Å². The summed E-state index contributed by atoms with van der Waals surface area (Å²) >= 11 is 0. The number of methoxy groups -OCH3 is 1. The molecule has 138 valence electrons. The molecule has 0 bridgehead atoms. The van der Waals surface area contributed by atoms with E-state index in [0.717, 1.165) is 24.4 Å². The van der Waals surface area contributed by atoms with Crippen molar-refractivity contribution < 1.29 is 14.1 Å². The van der Waals surface area contributed by atoms with Gasteiger partial charge in [0, 0.05) is 43.6 Å². The van der Waals surface area contributed by atoms with Crippen LogP contribution in [0.1, 0.15) is 71.3 Å². The van der Waals surface area contributed by atoms with Crippen molar-refractivity contribution in [3.8, 4) is 0 Å². The Labute approximate surface area is 151 Å². The molecule has 0 spiro atoms. The topological polar surface area (TPSA) is 97.1 Å². The van der Waals surface area contributed by atoms with Crippen molar-refractivity contribution in [1.82, 2.24) is 25.2 Å². The van der Waals surface area contributed by atoms with Gasteiger partial charge < -0.3 is 14.2 Å². The largest absolute Gasteiger partial charge is 0.384 e. The quantitative estimate of drug-likeness (QED) is 0.850. The van der Waals surface area contributed by atoms with Crippen LogP contribution < -0.4 is 0 Å². The molecular formula is C18H23N5O3. The molecule has 2 saturated carbocycles. The summed E-state index contributed by atoms with van der Waals surface area (Å²) in [5.74, 6) is 2.57. The number of amides is 1. The second-order valence-electron chi connectivity index (χ2n) is 7.78. The Morgan fingerprint density at radius 2 is 2.12 bits per heavy atom. The van der Waals surface area contributed by atoms with E-state index >= 15 is 0 Å². The maximum atomic E-state index is 12.9. The number of aromatic amines is 1. The zero-order valence-electron chi connectivity index (χ0n) is 14.9. The number of carbonyl (C=O) groups excluding carboxylic acids is 1. The number of rotatable bonds is 6. The Bertz CT molecular complexity index is 807. The molecule has 1 amide bonds. The van der Waals surface area contributed by atoms with E-state index in [2.05, 4.69) is 20.3 Å². The molecule has 8 nitrogen and oxygen atoms in total. The van der Waals surface area contributed by atoms with Crippen LogP contribution >= 0.6 is 0 Å². The van der Waals surface area contributed by atoms with Crippen molar-refractivity contribution in [2.24, 2.45) is 5.92 Å². The van der Waals surface area contributed by atoms with Crippen LogP contribution in [0.4, 0.5) is 0 Å². The van der Waals surface area contributed by atoms with Gasteiger partial charge in [0.25, 0.3) is 5.91 Å². The first-order valence-corrected chi connectivity index (χ1v) is 9.40. The summed E-state index contributed by atoms with van der Waals surface area (Å²) in [6.07, 6.45) is 4.63. The third kappa shape index (κ3) is 2.92. The summed E-state index contributed by atoms with van der Waals surface area (Å²) in [5.41, 5.74) is 1.57. The van der Waals surface area contributed by atoms with Crippen molar-refractivity contribution in [2.75, 3.05) is 26.8 Å². The highest BCUT2D eigenvalue weighted by Crippen LogP contribution is 2.41. The Kier molecular flexibility index (Phi) is 3.81. The zero-order chi connectivity index (χ0) is 17.7. The lowest BCUT2D eigenvalue weighted by Gasteiger charge is -2.14. The van der Waals surface area contributed by atoms with Gasteiger partial charge in [0.1, 0.15) is 5.69 Å². The van der Waals surface area contributed by atoms with Crippen LogP contribution in [0.3, 0.4) is 0 Å². The van der Waals surface area contributed by atoms with Crippen LogP contribution in [0.25, 0.3) is 0 Å². The summed E-state index contributed by atoms with van der Waals surface area (Å²) < 4.78 is 10.9. The molecule has 1 saturated heterocycles. The number of hydrogen-bond acceptors (Lipinski definition) is 6. The second-order valence-corrected chi connectivity index (χ2v) is 7.78. The number of aromatic nitrogens is 4. The van der Waals surface area contributed by atoms with E-state index in [1.54, 1.807) is 7.11 Å². The molecule has 2 aromatic heterocycles. The Balaban J connectivity index is 1.33. The van der Waals surface area contributed by atoms with Crippen LogP contribution in [-0.4, -0.2) is 58.0 Å². The average Bonchev–Trinajstić information content (AvgIpc) is 3.53. The van der Waals surface area contributed by atoms with E-state index in [1.165, 1.54) is 12.8 Å². The molecule has 0 radical (unpaired) electrons. The van der Waals surface area contributed by atoms with Crippen molar-refractivity contribution in [3.05, 3.63) is 29.2 Å². The summed E-state index contributed by atoms with van der Waals surface area (Å²) in [7, 11) is 1.68. The van der Waals surface area contributed by atoms with Gasteiger partial charge in [-0.15, -0.1) is 0 Å². The van der Waals surface area contributed by atoms with Gasteiger partial charge in [0.05, 0.1) is 12.5 Å². The van der Waals surface area contributed by atoms with E-state index in [4.69, 9.17) is 9.26 Å². The zero-order valence-corrected chi connectivity index (χ0v) is 14.9. The number of likely N-dealkylation sites (tertiary alicyclic amines) is 1. The molecule has 8 heteroatoms. The molecule has 5 rings (SSSR count).